The summed E-state index contributed by atoms with van der Waals surface area (Å²) >= 11 is 0. The number of hydrogen-bond donors (Lipinski definition) is 0. The highest BCUT2D eigenvalue weighted by molar-refractivity contribution is 7.95. The molecule has 0 atom stereocenters. The lowest BCUT2D eigenvalue weighted by Crippen LogP contribution is -2.54. The molecule has 0 N–H and O–H groups in total. The number of hydrazine groups is 2. The molecule has 1 aliphatic rings. The Balaban J connectivity index is 2.57. The molecule has 1 heterocycles. The molecule has 0 aromatic heterocycles. The monoisotopic (exact) mass is 337 g/mol. The zero-order valence-corrected chi connectivity index (χ0v) is 15.6. The average molecular weight is 337 g/mol. The molecule has 0 radical (unpaired) electrons. The summed E-state index contributed by atoms with van der Waals surface area (Å²) < 4.78 is 26.2. The Hall–Kier alpha value is -1.53. The molecular formula is C17H27N3O2S. The second-order valence-corrected chi connectivity index (χ2v) is 8.51. The lowest BCUT2D eigenvalue weighted by atomic mass is 10.3. The van der Waals surface area contributed by atoms with Crippen molar-refractivity contribution in [2.45, 2.75) is 64.6 Å². The lowest BCUT2D eigenvalue weighted by Gasteiger charge is -2.43. The molecule has 5 nitrogen and oxygen atoms in total. The fraction of sp³-hybridized carbons (Fsp3) is 0.529. The van der Waals surface area contributed by atoms with Gasteiger partial charge >= 0.3 is 0 Å². The summed E-state index contributed by atoms with van der Waals surface area (Å²) in [7, 11) is -3.56. The summed E-state index contributed by atoms with van der Waals surface area (Å²) in [5.74, 6) is 0. The first-order valence-electron chi connectivity index (χ1n) is 8.06. The van der Waals surface area contributed by atoms with Crippen molar-refractivity contribution in [1.29, 1.82) is 0 Å². The number of hydrogen-bond acceptors (Lipinski definition) is 5. The highest BCUT2D eigenvalue weighted by Crippen LogP contribution is 2.34. The predicted octanol–water partition coefficient (Wildman–Crippen LogP) is 3.23. The van der Waals surface area contributed by atoms with E-state index in [0.29, 0.717) is 9.92 Å². The van der Waals surface area contributed by atoms with Crippen LogP contribution in [0.1, 0.15) is 41.5 Å². The van der Waals surface area contributed by atoms with Gasteiger partial charge in [0.25, 0.3) is 0 Å². The summed E-state index contributed by atoms with van der Waals surface area (Å²) in [6.45, 7) is 12.3. The molecule has 128 valence electrons. The van der Waals surface area contributed by atoms with Gasteiger partial charge in [-0.3, -0.25) is 10.0 Å². The Morgan fingerprint density at radius 1 is 0.826 bits per heavy atom. The molecule has 0 aliphatic carbocycles. The van der Waals surface area contributed by atoms with Gasteiger partial charge in [0.2, 0.25) is 9.84 Å². The van der Waals surface area contributed by atoms with Crippen molar-refractivity contribution in [2.75, 3.05) is 0 Å². The van der Waals surface area contributed by atoms with Gasteiger partial charge in [-0.05, 0) is 53.7 Å². The van der Waals surface area contributed by atoms with Crippen LogP contribution in [0.15, 0.2) is 46.5 Å². The van der Waals surface area contributed by atoms with Crippen LogP contribution >= 0.6 is 0 Å². The van der Waals surface area contributed by atoms with Crippen molar-refractivity contribution in [3.05, 3.63) is 41.6 Å². The first kappa shape index (κ1) is 17.8. The maximum atomic E-state index is 13.1. The van der Waals surface area contributed by atoms with Gasteiger partial charge in [-0.1, -0.05) is 18.2 Å². The standard InChI is InChI=1S/C17H27N3O2S/c1-13(2)18-12-17(19(14(3)4)20(18)15(5)6)23(21,22)16-10-8-7-9-11-16/h7-15H,1-6H3. The van der Waals surface area contributed by atoms with Crippen LogP contribution in [0.2, 0.25) is 0 Å². The largest absolute Gasteiger partial charge is 0.290 e. The summed E-state index contributed by atoms with van der Waals surface area (Å²) in [6.07, 6.45) is 1.76. The third-order valence-corrected chi connectivity index (χ3v) is 5.47. The van der Waals surface area contributed by atoms with E-state index in [9.17, 15) is 8.42 Å². The molecule has 0 fully saturated rings. The first-order chi connectivity index (χ1) is 10.7. The van der Waals surface area contributed by atoms with Gasteiger partial charge in [-0.25, -0.2) is 8.42 Å². The van der Waals surface area contributed by atoms with Crippen molar-refractivity contribution in [1.82, 2.24) is 15.1 Å². The number of sulfone groups is 1. The van der Waals surface area contributed by atoms with E-state index in [0.717, 1.165) is 0 Å². The maximum Gasteiger partial charge on any atom is 0.224 e. The van der Waals surface area contributed by atoms with Crippen molar-refractivity contribution in [3.63, 3.8) is 0 Å². The van der Waals surface area contributed by atoms with Crippen molar-refractivity contribution in [2.24, 2.45) is 0 Å². The maximum absolute atomic E-state index is 13.1. The van der Waals surface area contributed by atoms with Crippen LogP contribution in [0.5, 0.6) is 0 Å². The molecule has 1 aliphatic heterocycles. The highest BCUT2D eigenvalue weighted by atomic mass is 32.2. The Morgan fingerprint density at radius 2 is 1.39 bits per heavy atom. The van der Waals surface area contributed by atoms with Crippen molar-refractivity contribution < 1.29 is 8.42 Å². The van der Waals surface area contributed by atoms with E-state index in [1.54, 1.807) is 30.5 Å². The van der Waals surface area contributed by atoms with E-state index in [2.05, 4.69) is 27.7 Å². The molecule has 0 spiro atoms. The van der Waals surface area contributed by atoms with E-state index in [-0.39, 0.29) is 18.1 Å². The lowest BCUT2D eigenvalue weighted by molar-refractivity contribution is -0.162. The fourth-order valence-electron chi connectivity index (χ4n) is 2.75. The van der Waals surface area contributed by atoms with Gasteiger partial charge in [0.1, 0.15) is 0 Å². The van der Waals surface area contributed by atoms with Crippen LogP contribution in [-0.2, 0) is 9.84 Å². The molecular weight excluding hydrogens is 310 g/mol. The molecule has 23 heavy (non-hydrogen) atoms. The normalized spacial score (nSPS) is 16.8. The number of nitrogens with zero attached hydrogens (tertiary/aromatic N) is 3. The van der Waals surface area contributed by atoms with Crippen LogP contribution in [0.3, 0.4) is 0 Å². The van der Waals surface area contributed by atoms with Gasteiger partial charge < -0.3 is 0 Å². The quantitative estimate of drug-likeness (QED) is 0.825. The Kier molecular flexibility index (Phi) is 5.06. The third-order valence-electron chi connectivity index (χ3n) is 3.73. The molecule has 6 heteroatoms. The van der Waals surface area contributed by atoms with Crippen LogP contribution in [-0.4, -0.2) is 41.7 Å². The molecule has 2 rings (SSSR count). The predicted molar refractivity (Wildman–Crippen MR) is 92.6 cm³/mol. The SMILES string of the molecule is CC(C)N1C=C(S(=O)(=O)c2ccccc2)N(C(C)C)N1C(C)C. The summed E-state index contributed by atoms with van der Waals surface area (Å²) in [4.78, 5) is 0.325. The molecule has 0 saturated carbocycles. The smallest absolute Gasteiger partial charge is 0.224 e. The molecule has 0 saturated heterocycles. The van der Waals surface area contributed by atoms with Gasteiger partial charge in [0, 0.05) is 18.1 Å². The van der Waals surface area contributed by atoms with Gasteiger partial charge in [0.15, 0.2) is 5.03 Å². The van der Waals surface area contributed by atoms with Gasteiger partial charge in [-0.15, -0.1) is 5.12 Å². The van der Waals surface area contributed by atoms with E-state index >= 15 is 0 Å². The third kappa shape index (κ3) is 3.23. The van der Waals surface area contributed by atoms with Crippen molar-refractivity contribution >= 4 is 9.84 Å². The molecule has 0 bridgehead atoms. The molecule has 1 aromatic carbocycles. The zero-order chi connectivity index (χ0) is 17.4. The second kappa shape index (κ2) is 6.53. The van der Waals surface area contributed by atoms with Crippen LogP contribution in [0, 0.1) is 0 Å². The minimum Gasteiger partial charge on any atom is -0.290 e. The molecule has 0 unspecified atom stereocenters. The first-order valence-corrected chi connectivity index (χ1v) is 9.54. The molecule has 0 amide bonds. The Labute approximate surface area is 140 Å². The zero-order valence-electron chi connectivity index (χ0n) is 14.8. The van der Waals surface area contributed by atoms with Crippen LogP contribution < -0.4 is 0 Å². The minimum absolute atomic E-state index is 0.0332. The van der Waals surface area contributed by atoms with Gasteiger partial charge in [-0.2, -0.15) is 0 Å². The average Bonchev–Trinajstić information content (AvgIpc) is 2.90. The molecule has 1 aromatic rings. The fourth-order valence-corrected chi connectivity index (χ4v) is 4.29. The van der Waals surface area contributed by atoms with E-state index in [1.165, 1.54) is 0 Å². The highest BCUT2D eigenvalue weighted by Gasteiger charge is 2.41. The minimum atomic E-state index is -3.56. The summed E-state index contributed by atoms with van der Waals surface area (Å²) in [5.41, 5.74) is 0. The number of benzene rings is 1. The Morgan fingerprint density at radius 3 is 1.83 bits per heavy atom. The van der Waals surface area contributed by atoms with E-state index in [1.807, 2.05) is 35.0 Å². The number of rotatable bonds is 5. The van der Waals surface area contributed by atoms with Crippen LogP contribution in [0.25, 0.3) is 0 Å². The summed E-state index contributed by atoms with van der Waals surface area (Å²) in [6, 6.07) is 8.97. The van der Waals surface area contributed by atoms with Crippen LogP contribution in [0.4, 0.5) is 0 Å². The Bertz CT molecular complexity index is 666. The summed E-state index contributed by atoms with van der Waals surface area (Å²) in [5, 5.41) is 6.25. The van der Waals surface area contributed by atoms with E-state index < -0.39 is 9.84 Å². The second-order valence-electron chi connectivity index (χ2n) is 6.61. The van der Waals surface area contributed by atoms with Gasteiger partial charge in [0.05, 0.1) is 11.1 Å². The van der Waals surface area contributed by atoms with Crippen molar-refractivity contribution in [3.8, 4) is 0 Å². The van der Waals surface area contributed by atoms with E-state index in [4.69, 9.17) is 0 Å². The topological polar surface area (TPSA) is 43.9 Å².